The molecule has 384 valence electrons. The minimum Gasteiger partial charge on any atom is -0.394 e. The van der Waals surface area contributed by atoms with E-state index in [-0.39, 0.29) is 27.1 Å². The fourth-order valence-corrected chi connectivity index (χ4v) is 2.83. The summed E-state index contributed by atoms with van der Waals surface area (Å²) in [4.78, 5) is 44.1. The third-order valence-electron chi connectivity index (χ3n) is 6.17. The molecule has 0 spiro atoms. The number of esters is 2. The van der Waals surface area contributed by atoms with E-state index >= 15 is 0 Å². The predicted octanol–water partition coefficient (Wildman–Crippen LogP) is 8.40. The molecule has 0 aliphatic carbocycles. The minimum atomic E-state index is -6.69. The summed E-state index contributed by atoms with van der Waals surface area (Å²) < 4.78 is 294. The molecule has 0 saturated heterocycles. The minimum absolute atomic E-state index is 0.144. The van der Waals surface area contributed by atoms with Gasteiger partial charge in [0.1, 0.15) is 0 Å². The smallest absolute Gasteiger partial charge is 0.394 e. The number of hydrogen-bond donors (Lipinski definition) is 3. The van der Waals surface area contributed by atoms with E-state index in [4.69, 9.17) is 5.73 Å². The Kier molecular flexibility index (Phi) is 26.1. The number of carbonyl (C=O) groups is 4. The van der Waals surface area contributed by atoms with Gasteiger partial charge in [0.15, 0.2) is 5.67 Å². The highest BCUT2D eigenvalue weighted by atomic mass is 19.4. The van der Waals surface area contributed by atoms with Gasteiger partial charge < -0.3 is 30.6 Å². The Morgan fingerprint density at radius 1 is 0.569 bits per heavy atom. The number of ether oxygens (including phenoxy) is 4. The zero-order valence-corrected chi connectivity index (χ0v) is 32.8. The zero-order chi connectivity index (χ0) is 53.1. The second-order valence-corrected chi connectivity index (χ2v) is 11.9. The van der Waals surface area contributed by atoms with Crippen LogP contribution in [0.15, 0.2) is 38.0 Å². The quantitative estimate of drug-likeness (QED) is 0.0620. The summed E-state index contributed by atoms with van der Waals surface area (Å²) in [5.74, 6) is -26.4. The zero-order valence-electron chi connectivity index (χ0n) is 32.8. The van der Waals surface area contributed by atoms with Crippen molar-refractivity contribution in [3.05, 3.63) is 38.0 Å². The number of rotatable bonds is 20. The standard InChI is InChI=1S/C11H17FN2O2.C9H5F11O4.C8H7F11O2.C3H7N/c1-4-6-13-9(15)8-11(3,12)10(16)14-7-5-2;1-5(10,4(22)24-9(19,20)7(14,15)16)2-3(21)23-8(17,18)6(11,12)13;1-20-7(15,16)6(13,14)5(11,12)4(9,10)2-3-21-8(17,18)19;1-2-3-4/h4-5H,1-2,6-8H2,3H3,(H,13,15)(H,14,16);2H2,1H3;2-3H2,1H3;2H,1,3-4H2. The number of amides is 2. The molecule has 2 amide bonds. The van der Waals surface area contributed by atoms with Gasteiger partial charge in [0.05, 0.1) is 19.4 Å². The summed E-state index contributed by atoms with van der Waals surface area (Å²) in [6.07, 6.45) is -37.5. The molecule has 0 heterocycles. The van der Waals surface area contributed by atoms with E-state index < -0.39 is 116 Å². The largest absolute Gasteiger partial charge is 0.522 e. The lowest BCUT2D eigenvalue weighted by Gasteiger charge is -2.35. The predicted molar refractivity (Wildman–Crippen MR) is 172 cm³/mol. The fourth-order valence-electron chi connectivity index (χ4n) is 2.83. The van der Waals surface area contributed by atoms with E-state index in [0.717, 1.165) is 6.92 Å². The van der Waals surface area contributed by atoms with Crippen LogP contribution in [0.2, 0.25) is 0 Å². The third-order valence-corrected chi connectivity index (χ3v) is 6.17. The Labute approximate surface area is 350 Å². The van der Waals surface area contributed by atoms with Gasteiger partial charge in [-0.1, -0.05) is 18.2 Å². The molecule has 0 saturated carbocycles. The summed E-state index contributed by atoms with van der Waals surface area (Å²) in [6, 6.07) is 0. The molecule has 2 unspecified atom stereocenters. The molecule has 0 bridgehead atoms. The monoisotopic (exact) mass is 1020 g/mol. The highest BCUT2D eigenvalue weighted by molar-refractivity contribution is 5.90. The fraction of sp³-hybridized carbons (Fsp3) is 0.677. The van der Waals surface area contributed by atoms with Gasteiger partial charge in [0.2, 0.25) is 11.6 Å². The summed E-state index contributed by atoms with van der Waals surface area (Å²) in [5, 5.41) is 4.70. The Balaban J connectivity index is -0.000000418. The van der Waals surface area contributed by atoms with Crippen LogP contribution in [0.4, 0.5) is 101 Å². The second-order valence-electron chi connectivity index (χ2n) is 11.9. The maximum absolute atomic E-state index is 13.8. The van der Waals surface area contributed by atoms with Crippen molar-refractivity contribution in [2.75, 3.05) is 33.4 Å². The SMILES string of the molecule is C=CCN.C=CCNC(=O)CC(C)(F)C(=O)NCC=C.CC(F)(CC(=O)OC(F)(F)C(F)(F)F)C(=O)OC(F)(F)C(F)(F)F.COC(F)(F)C(F)(F)C(F)(F)C(F)(F)CCOC(F)(F)F. The third kappa shape index (κ3) is 22.9. The summed E-state index contributed by atoms with van der Waals surface area (Å²) in [5.41, 5.74) is -1.42. The molecule has 0 aromatic carbocycles. The number of carbonyl (C=O) groups excluding carboxylic acids is 4. The van der Waals surface area contributed by atoms with Gasteiger partial charge in [0, 0.05) is 33.2 Å². The molecule has 4 N–H and O–H groups in total. The van der Waals surface area contributed by atoms with Crippen LogP contribution in [0.5, 0.6) is 0 Å². The van der Waals surface area contributed by atoms with Crippen molar-refractivity contribution in [1.82, 2.24) is 10.6 Å². The number of halogens is 23. The lowest BCUT2D eigenvalue weighted by atomic mass is 10.0. The molecule has 0 aromatic rings. The van der Waals surface area contributed by atoms with Crippen LogP contribution in [-0.2, 0) is 38.1 Å². The van der Waals surface area contributed by atoms with Crippen LogP contribution in [-0.4, -0.2) is 123 Å². The van der Waals surface area contributed by atoms with E-state index in [2.05, 4.69) is 49.3 Å². The van der Waals surface area contributed by atoms with E-state index in [1.165, 1.54) is 12.2 Å². The molecule has 0 fully saturated rings. The average Bonchev–Trinajstić information content (AvgIpc) is 3.10. The summed E-state index contributed by atoms with van der Waals surface area (Å²) >= 11 is 0. The second kappa shape index (κ2) is 25.3. The lowest BCUT2D eigenvalue weighted by molar-refractivity contribution is -0.424. The van der Waals surface area contributed by atoms with Gasteiger partial charge in [-0.2, -0.15) is 79.0 Å². The normalized spacial score (nSPS) is 14.7. The van der Waals surface area contributed by atoms with Gasteiger partial charge >= 0.3 is 66.7 Å². The van der Waals surface area contributed by atoms with Crippen molar-refractivity contribution in [2.45, 2.75) is 99.3 Å². The topological polar surface area (TPSA) is 155 Å². The molecule has 0 aliphatic heterocycles. The Morgan fingerprint density at radius 2 is 0.969 bits per heavy atom. The van der Waals surface area contributed by atoms with Crippen LogP contribution in [0, 0.1) is 0 Å². The van der Waals surface area contributed by atoms with Crippen molar-refractivity contribution in [3.8, 4) is 0 Å². The van der Waals surface area contributed by atoms with Gasteiger partial charge in [-0.25, -0.2) is 13.6 Å². The maximum Gasteiger partial charge on any atom is 0.522 e. The molecule has 34 heteroatoms. The molecular formula is C31H36F23N3O8. The molecule has 0 aliphatic rings. The average molecular weight is 1020 g/mol. The molecular weight excluding hydrogens is 979 g/mol. The lowest BCUT2D eigenvalue weighted by Crippen LogP contribution is -2.62. The van der Waals surface area contributed by atoms with Crippen LogP contribution in [0.25, 0.3) is 0 Å². The molecule has 11 nitrogen and oxygen atoms in total. The van der Waals surface area contributed by atoms with Gasteiger partial charge in [-0.15, -0.1) is 32.9 Å². The van der Waals surface area contributed by atoms with E-state index in [1.54, 1.807) is 6.08 Å². The Morgan fingerprint density at radius 3 is 1.32 bits per heavy atom. The first kappa shape index (κ1) is 67.0. The first-order valence-electron chi connectivity index (χ1n) is 16.2. The number of nitrogens with one attached hydrogen (secondary N) is 2. The van der Waals surface area contributed by atoms with Crippen molar-refractivity contribution >= 4 is 23.8 Å². The van der Waals surface area contributed by atoms with E-state index in [9.17, 15) is 120 Å². The van der Waals surface area contributed by atoms with Crippen LogP contribution in [0.1, 0.15) is 33.1 Å². The van der Waals surface area contributed by atoms with Gasteiger partial charge in [-0.05, 0) is 13.8 Å². The van der Waals surface area contributed by atoms with Crippen LogP contribution >= 0.6 is 0 Å². The Hall–Kier alpha value is -4.63. The first-order valence-corrected chi connectivity index (χ1v) is 16.2. The molecule has 65 heavy (non-hydrogen) atoms. The van der Waals surface area contributed by atoms with Crippen molar-refractivity contribution < 1.29 is 139 Å². The molecule has 0 aromatic heterocycles. The maximum atomic E-state index is 13.8. The number of methoxy groups -OCH3 is 1. The summed E-state index contributed by atoms with van der Waals surface area (Å²) in [7, 11) is -0.144. The van der Waals surface area contributed by atoms with Crippen molar-refractivity contribution in [2.24, 2.45) is 5.73 Å². The number of hydrogen-bond acceptors (Lipinski definition) is 9. The molecule has 0 rings (SSSR count). The molecule has 2 atom stereocenters. The molecule has 0 radical (unpaired) electrons. The Bertz CT molecular complexity index is 1550. The van der Waals surface area contributed by atoms with Crippen molar-refractivity contribution in [1.29, 1.82) is 0 Å². The highest BCUT2D eigenvalue weighted by Crippen LogP contribution is 2.54. The highest BCUT2D eigenvalue weighted by Gasteiger charge is 2.81. The van der Waals surface area contributed by atoms with Crippen LogP contribution in [0.3, 0.4) is 0 Å². The van der Waals surface area contributed by atoms with E-state index in [1.807, 2.05) is 0 Å². The number of nitrogens with two attached hydrogens (primary N) is 1. The summed E-state index contributed by atoms with van der Waals surface area (Å²) in [6.45, 7) is 9.92. The van der Waals surface area contributed by atoms with Crippen LogP contribution < -0.4 is 16.4 Å². The first-order chi connectivity index (χ1) is 28.6. The number of alkyl halides is 23. The van der Waals surface area contributed by atoms with E-state index in [0.29, 0.717) is 6.54 Å². The van der Waals surface area contributed by atoms with Gasteiger partial charge in [0.25, 0.3) is 5.91 Å². The van der Waals surface area contributed by atoms with Gasteiger partial charge in [-0.3, -0.25) is 19.1 Å². The van der Waals surface area contributed by atoms with Crippen molar-refractivity contribution in [3.63, 3.8) is 0 Å².